The fraction of sp³-hybridized carbons (Fsp3) is 0.909. The van der Waals surface area contributed by atoms with Gasteiger partial charge in [-0.25, -0.2) is 0 Å². The number of hydrogen-bond donors (Lipinski definition) is 3. The Labute approximate surface area is 102 Å². The van der Waals surface area contributed by atoms with Gasteiger partial charge in [0, 0.05) is 25.7 Å². The van der Waals surface area contributed by atoms with Gasteiger partial charge in [0.25, 0.3) is 0 Å². The molecule has 100 valence electrons. The highest BCUT2D eigenvalue weighted by molar-refractivity contribution is 5.78. The van der Waals surface area contributed by atoms with Gasteiger partial charge in [-0.05, 0) is 20.5 Å². The van der Waals surface area contributed by atoms with Crippen LogP contribution in [0.1, 0.15) is 6.42 Å². The predicted molar refractivity (Wildman–Crippen MR) is 64.6 cm³/mol. The SMILES string of the molecule is CN(C)CC1CC(O)CN1CC(=O)NCCO. The summed E-state index contributed by atoms with van der Waals surface area (Å²) >= 11 is 0. The molecule has 0 aromatic rings. The molecule has 1 fully saturated rings. The van der Waals surface area contributed by atoms with Crippen LogP contribution in [-0.4, -0.2) is 84.9 Å². The molecule has 2 atom stereocenters. The Hall–Kier alpha value is -0.690. The van der Waals surface area contributed by atoms with Crippen molar-refractivity contribution in [2.45, 2.75) is 18.6 Å². The van der Waals surface area contributed by atoms with E-state index < -0.39 is 0 Å². The molecular weight excluding hydrogens is 222 g/mol. The molecule has 6 heteroatoms. The smallest absolute Gasteiger partial charge is 0.234 e. The Morgan fingerprint density at radius 2 is 2.24 bits per heavy atom. The summed E-state index contributed by atoms with van der Waals surface area (Å²) in [5.41, 5.74) is 0. The molecule has 1 aliphatic rings. The van der Waals surface area contributed by atoms with E-state index in [2.05, 4.69) is 10.2 Å². The lowest BCUT2D eigenvalue weighted by atomic mass is 10.2. The predicted octanol–water partition coefficient (Wildman–Crippen LogP) is -1.91. The molecule has 0 aromatic carbocycles. The highest BCUT2D eigenvalue weighted by Gasteiger charge is 2.32. The van der Waals surface area contributed by atoms with Crippen LogP contribution in [0.2, 0.25) is 0 Å². The Bertz CT molecular complexity index is 248. The molecule has 17 heavy (non-hydrogen) atoms. The van der Waals surface area contributed by atoms with Crippen molar-refractivity contribution in [1.82, 2.24) is 15.1 Å². The summed E-state index contributed by atoms with van der Waals surface area (Å²) in [6, 6.07) is 0.222. The molecule has 3 N–H and O–H groups in total. The molecule has 1 aliphatic heterocycles. The lowest BCUT2D eigenvalue weighted by Crippen LogP contribution is -2.44. The van der Waals surface area contributed by atoms with E-state index >= 15 is 0 Å². The van der Waals surface area contributed by atoms with E-state index in [0.717, 1.165) is 6.54 Å². The average molecular weight is 245 g/mol. The molecule has 1 heterocycles. The number of β-amino-alcohol motifs (C(OH)–C–C–N with tert-alkyl or cyclic N) is 1. The third-order valence-corrected chi connectivity index (χ3v) is 2.86. The van der Waals surface area contributed by atoms with Crippen molar-refractivity contribution < 1.29 is 15.0 Å². The first kappa shape index (κ1) is 14.4. The molecule has 2 unspecified atom stereocenters. The number of hydrogen-bond acceptors (Lipinski definition) is 5. The fourth-order valence-electron chi connectivity index (χ4n) is 2.20. The third kappa shape index (κ3) is 4.99. The van der Waals surface area contributed by atoms with Crippen LogP contribution in [-0.2, 0) is 4.79 Å². The van der Waals surface area contributed by atoms with Gasteiger partial charge in [-0.1, -0.05) is 0 Å². The van der Waals surface area contributed by atoms with Crippen molar-refractivity contribution >= 4 is 5.91 Å². The van der Waals surface area contributed by atoms with Gasteiger partial charge in [0.1, 0.15) is 0 Å². The summed E-state index contributed by atoms with van der Waals surface area (Å²) in [5, 5.41) is 20.9. The summed E-state index contributed by atoms with van der Waals surface area (Å²) in [7, 11) is 3.96. The van der Waals surface area contributed by atoms with E-state index in [1.807, 2.05) is 19.0 Å². The molecule has 1 saturated heterocycles. The summed E-state index contributed by atoms with van der Waals surface area (Å²) in [4.78, 5) is 15.6. The highest BCUT2D eigenvalue weighted by atomic mass is 16.3. The molecule has 0 saturated carbocycles. The summed E-state index contributed by atoms with van der Waals surface area (Å²) in [6.45, 7) is 1.91. The van der Waals surface area contributed by atoms with Gasteiger partial charge in [0.15, 0.2) is 0 Å². The van der Waals surface area contributed by atoms with Crippen LogP contribution < -0.4 is 5.32 Å². The Morgan fingerprint density at radius 3 is 2.82 bits per heavy atom. The average Bonchev–Trinajstić information content (AvgIpc) is 2.55. The van der Waals surface area contributed by atoms with Gasteiger partial charge in [0.05, 0.1) is 19.3 Å². The van der Waals surface area contributed by atoms with Crippen LogP contribution in [0.25, 0.3) is 0 Å². The van der Waals surface area contributed by atoms with E-state index in [4.69, 9.17) is 5.11 Å². The maximum atomic E-state index is 11.5. The van der Waals surface area contributed by atoms with E-state index in [9.17, 15) is 9.90 Å². The maximum absolute atomic E-state index is 11.5. The van der Waals surface area contributed by atoms with Crippen LogP contribution >= 0.6 is 0 Å². The minimum Gasteiger partial charge on any atom is -0.395 e. The number of likely N-dealkylation sites (tertiary alicyclic amines) is 1. The van der Waals surface area contributed by atoms with Crippen molar-refractivity contribution in [2.75, 3.05) is 46.9 Å². The fourth-order valence-corrected chi connectivity index (χ4v) is 2.20. The van der Waals surface area contributed by atoms with Gasteiger partial charge in [-0.15, -0.1) is 0 Å². The van der Waals surface area contributed by atoms with Crippen LogP contribution in [0.4, 0.5) is 0 Å². The number of aliphatic hydroxyl groups is 2. The number of nitrogens with one attached hydrogen (secondary N) is 1. The second-order valence-corrected chi connectivity index (χ2v) is 4.81. The zero-order chi connectivity index (χ0) is 12.8. The lowest BCUT2D eigenvalue weighted by Gasteiger charge is -2.25. The highest BCUT2D eigenvalue weighted by Crippen LogP contribution is 2.17. The van der Waals surface area contributed by atoms with Crippen molar-refractivity contribution in [2.24, 2.45) is 0 Å². The molecule has 6 nitrogen and oxygen atoms in total. The van der Waals surface area contributed by atoms with Gasteiger partial charge < -0.3 is 20.4 Å². The summed E-state index contributed by atoms with van der Waals surface area (Å²) < 4.78 is 0. The van der Waals surface area contributed by atoms with Crippen molar-refractivity contribution in [3.63, 3.8) is 0 Å². The summed E-state index contributed by atoms with van der Waals surface area (Å²) in [5.74, 6) is -0.100. The zero-order valence-corrected chi connectivity index (χ0v) is 10.6. The largest absolute Gasteiger partial charge is 0.395 e. The number of carbonyl (C=O) groups excluding carboxylic acids is 1. The number of aliphatic hydroxyl groups excluding tert-OH is 2. The number of carbonyl (C=O) groups is 1. The first-order valence-corrected chi connectivity index (χ1v) is 5.97. The maximum Gasteiger partial charge on any atom is 0.234 e. The molecule has 1 rings (SSSR count). The topological polar surface area (TPSA) is 76.0 Å². The van der Waals surface area contributed by atoms with Crippen LogP contribution in [0.15, 0.2) is 0 Å². The normalized spacial score (nSPS) is 25.5. The molecule has 0 aliphatic carbocycles. The second kappa shape index (κ2) is 6.90. The standard InChI is InChI=1S/C11H23N3O3/c1-13(2)6-9-5-10(16)7-14(9)8-11(17)12-3-4-15/h9-10,15-16H,3-8H2,1-2H3,(H,12,17). The van der Waals surface area contributed by atoms with E-state index in [1.54, 1.807) is 0 Å². The van der Waals surface area contributed by atoms with Gasteiger partial charge in [-0.3, -0.25) is 9.69 Å². The molecular formula is C11H23N3O3. The van der Waals surface area contributed by atoms with Crippen LogP contribution in [0, 0.1) is 0 Å². The van der Waals surface area contributed by atoms with Crippen LogP contribution in [0.3, 0.4) is 0 Å². The molecule has 0 aromatic heterocycles. The molecule has 0 radical (unpaired) electrons. The Kier molecular flexibility index (Phi) is 5.84. The molecule has 0 spiro atoms. The Balaban J connectivity index is 2.41. The quantitative estimate of drug-likeness (QED) is 0.509. The van der Waals surface area contributed by atoms with Crippen molar-refractivity contribution in [3.05, 3.63) is 0 Å². The third-order valence-electron chi connectivity index (χ3n) is 2.86. The van der Waals surface area contributed by atoms with Crippen molar-refractivity contribution in [1.29, 1.82) is 0 Å². The number of nitrogens with zero attached hydrogens (tertiary/aromatic N) is 2. The Morgan fingerprint density at radius 1 is 1.53 bits per heavy atom. The van der Waals surface area contributed by atoms with Gasteiger partial charge >= 0.3 is 0 Å². The minimum atomic E-state index is -0.342. The van der Waals surface area contributed by atoms with Gasteiger partial charge in [-0.2, -0.15) is 0 Å². The monoisotopic (exact) mass is 245 g/mol. The first-order chi connectivity index (χ1) is 8.02. The number of likely N-dealkylation sites (N-methyl/N-ethyl adjacent to an activating group) is 1. The van der Waals surface area contributed by atoms with E-state index in [-0.39, 0.29) is 37.7 Å². The van der Waals surface area contributed by atoms with Crippen molar-refractivity contribution in [3.8, 4) is 0 Å². The van der Waals surface area contributed by atoms with Gasteiger partial charge in [0.2, 0.25) is 5.91 Å². The molecule has 0 bridgehead atoms. The zero-order valence-electron chi connectivity index (χ0n) is 10.6. The van der Waals surface area contributed by atoms with E-state index in [1.165, 1.54) is 0 Å². The second-order valence-electron chi connectivity index (χ2n) is 4.81. The minimum absolute atomic E-state index is 0.0461. The molecule has 1 amide bonds. The van der Waals surface area contributed by atoms with Crippen LogP contribution in [0.5, 0.6) is 0 Å². The lowest BCUT2D eigenvalue weighted by molar-refractivity contribution is -0.122. The number of amides is 1. The first-order valence-electron chi connectivity index (χ1n) is 5.97. The van der Waals surface area contributed by atoms with E-state index in [0.29, 0.717) is 13.0 Å². The number of rotatable bonds is 6. The summed E-state index contributed by atoms with van der Waals surface area (Å²) in [6.07, 6.45) is 0.372.